The smallest absolute Gasteiger partial charge is 0.268 e. The van der Waals surface area contributed by atoms with Gasteiger partial charge in [0.25, 0.3) is 5.17 Å². The molecule has 23 heavy (non-hydrogen) atoms. The zero-order valence-corrected chi connectivity index (χ0v) is 13.4. The Kier molecular flexibility index (Phi) is 5.02. The maximum Gasteiger partial charge on any atom is 0.268 e. The van der Waals surface area contributed by atoms with Gasteiger partial charge in [-0.1, -0.05) is 66.7 Å². The Morgan fingerprint density at radius 2 is 1.13 bits per heavy atom. The van der Waals surface area contributed by atoms with Crippen LogP contribution in [-0.4, -0.2) is 5.17 Å². The van der Waals surface area contributed by atoms with Crippen molar-refractivity contribution in [3.8, 4) is 0 Å². The second-order valence-electron chi connectivity index (χ2n) is 5.05. The molecule has 0 aliphatic rings. The predicted molar refractivity (Wildman–Crippen MR) is 98.9 cm³/mol. The van der Waals surface area contributed by atoms with Gasteiger partial charge in [0, 0.05) is 11.4 Å². The number of ether oxygens (including phenoxy) is 1. The van der Waals surface area contributed by atoms with E-state index in [4.69, 9.17) is 17.0 Å². The topological polar surface area (TPSA) is 12.5 Å². The summed E-state index contributed by atoms with van der Waals surface area (Å²) in [5, 5.41) is 0.436. The first kappa shape index (κ1) is 15.3. The fourth-order valence-electron chi connectivity index (χ4n) is 2.30. The third-order valence-electron chi connectivity index (χ3n) is 3.42. The maximum atomic E-state index is 5.86. The van der Waals surface area contributed by atoms with Crippen LogP contribution in [0.1, 0.15) is 5.56 Å². The summed E-state index contributed by atoms with van der Waals surface area (Å²) in [6, 6.07) is 30.0. The minimum atomic E-state index is 0.436. The highest BCUT2D eigenvalue weighted by molar-refractivity contribution is 7.80. The van der Waals surface area contributed by atoms with E-state index in [1.165, 1.54) is 0 Å². The van der Waals surface area contributed by atoms with Crippen molar-refractivity contribution in [3.63, 3.8) is 0 Å². The molecule has 114 valence electrons. The quantitative estimate of drug-likeness (QED) is 0.603. The van der Waals surface area contributed by atoms with Crippen molar-refractivity contribution in [1.29, 1.82) is 0 Å². The second kappa shape index (κ2) is 7.56. The molecular formula is C20H17NOS. The summed E-state index contributed by atoms with van der Waals surface area (Å²) >= 11 is 5.54. The minimum Gasteiger partial charge on any atom is -0.466 e. The molecule has 0 aromatic heterocycles. The molecule has 0 amide bonds. The summed E-state index contributed by atoms with van der Waals surface area (Å²) in [5.41, 5.74) is 3.06. The van der Waals surface area contributed by atoms with E-state index in [1.54, 1.807) is 0 Å². The lowest BCUT2D eigenvalue weighted by molar-refractivity contribution is 0.296. The molecule has 0 atom stereocenters. The molecule has 3 heteroatoms. The minimum absolute atomic E-state index is 0.436. The number of thiocarbonyl (C=S) groups is 1. The monoisotopic (exact) mass is 319 g/mol. The van der Waals surface area contributed by atoms with E-state index in [0.717, 1.165) is 16.9 Å². The summed E-state index contributed by atoms with van der Waals surface area (Å²) in [5.74, 6) is 0. The number of para-hydroxylation sites is 2. The van der Waals surface area contributed by atoms with Gasteiger partial charge in [-0.05, 0) is 42.0 Å². The van der Waals surface area contributed by atoms with Crippen molar-refractivity contribution in [1.82, 2.24) is 0 Å². The van der Waals surface area contributed by atoms with Crippen molar-refractivity contribution < 1.29 is 4.74 Å². The molecule has 3 aromatic carbocycles. The second-order valence-corrected chi connectivity index (χ2v) is 5.40. The Bertz CT molecular complexity index is 705. The number of nitrogens with zero attached hydrogens (tertiary/aromatic N) is 1. The van der Waals surface area contributed by atoms with Crippen LogP contribution in [0.2, 0.25) is 0 Å². The molecule has 0 fully saturated rings. The average molecular weight is 319 g/mol. The van der Waals surface area contributed by atoms with Crippen LogP contribution in [-0.2, 0) is 11.3 Å². The summed E-state index contributed by atoms with van der Waals surface area (Å²) in [7, 11) is 0. The van der Waals surface area contributed by atoms with Gasteiger partial charge in [0.05, 0.1) is 0 Å². The lowest BCUT2D eigenvalue weighted by atomic mass is 10.2. The molecule has 0 unspecified atom stereocenters. The lowest BCUT2D eigenvalue weighted by Crippen LogP contribution is -2.26. The first-order valence-electron chi connectivity index (χ1n) is 7.45. The maximum absolute atomic E-state index is 5.86. The lowest BCUT2D eigenvalue weighted by Gasteiger charge is -2.25. The van der Waals surface area contributed by atoms with Crippen LogP contribution in [0.4, 0.5) is 11.4 Å². The molecule has 0 aliphatic heterocycles. The fourth-order valence-corrected chi connectivity index (χ4v) is 2.57. The van der Waals surface area contributed by atoms with Gasteiger partial charge in [-0.2, -0.15) is 0 Å². The molecule has 2 nitrogen and oxygen atoms in total. The normalized spacial score (nSPS) is 10.1. The number of anilines is 2. The summed E-state index contributed by atoms with van der Waals surface area (Å²) in [6.07, 6.45) is 0. The van der Waals surface area contributed by atoms with E-state index in [2.05, 4.69) is 0 Å². The van der Waals surface area contributed by atoms with Gasteiger partial charge < -0.3 is 4.74 Å². The SMILES string of the molecule is S=C(OCc1ccccc1)N(c1ccccc1)c1ccccc1. The first-order valence-corrected chi connectivity index (χ1v) is 7.86. The van der Waals surface area contributed by atoms with Crippen LogP contribution < -0.4 is 4.90 Å². The van der Waals surface area contributed by atoms with Gasteiger partial charge in [0.1, 0.15) is 6.61 Å². The number of hydrogen-bond donors (Lipinski definition) is 0. The van der Waals surface area contributed by atoms with Gasteiger partial charge in [0.15, 0.2) is 0 Å². The van der Waals surface area contributed by atoms with Crippen LogP contribution in [0.15, 0.2) is 91.0 Å². The molecule has 0 saturated heterocycles. The van der Waals surface area contributed by atoms with Crippen LogP contribution in [0.5, 0.6) is 0 Å². The number of rotatable bonds is 4. The third-order valence-corrected chi connectivity index (χ3v) is 3.72. The third kappa shape index (κ3) is 3.96. The summed E-state index contributed by atoms with van der Waals surface area (Å²) in [4.78, 5) is 1.94. The Hall–Kier alpha value is -2.65. The van der Waals surface area contributed by atoms with Crippen LogP contribution in [0, 0.1) is 0 Å². The Labute approximate surface area is 142 Å². The molecular weight excluding hydrogens is 302 g/mol. The number of benzene rings is 3. The molecule has 0 aliphatic carbocycles. The zero-order chi connectivity index (χ0) is 15.9. The van der Waals surface area contributed by atoms with Crippen LogP contribution in [0.3, 0.4) is 0 Å². The van der Waals surface area contributed by atoms with Crippen molar-refractivity contribution in [2.45, 2.75) is 6.61 Å². The van der Waals surface area contributed by atoms with E-state index in [9.17, 15) is 0 Å². The molecule has 3 rings (SSSR count). The van der Waals surface area contributed by atoms with Crippen LogP contribution >= 0.6 is 12.2 Å². The van der Waals surface area contributed by atoms with Crippen LogP contribution in [0.25, 0.3) is 0 Å². The van der Waals surface area contributed by atoms with Gasteiger partial charge in [-0.3, -0.25) is 4.90 Å². The molecule has 0 N–H and O–H groups in total. The van der Waals surface area contributed by atoms with Gasteiger partial charge in [-0.15, -0.1) is 0 Å². The van der Waals surface area contributed by atoms with E-state index < -0.39 is 0 Å². The fraction of sp³-hybridized carbons (Fsp3) is 0.0500. The van der Waals surface area contributed by atoms with Gasteiger partial charge in [-0.25, -0.2) is 0 Å². The molecule has 0 bridgehead atoms. The highest BCUT2D eigenvalue weighted by Crippen LogP contribution is 2.26. The van der Waals surface area contributed by atoms with E-state index in [0.29, 0.717) is 11.8 Å². The number of hydrogen-bond acceptors (Lipinski definition) is 2. The van der Waals surface area contributed by atoms with Gasteiger partial charge in [0.2, 0.25) is 0 Å². The molecule has 0 radical (unpaired) electrons. The largest absolute Gasteiger partial charge is 0.466 e. The van der Waals surface area contributed by atoms with E-state index >= 15 is 0 Å². The van der Waals surface area contributed by atoms with E-state index in [-0.39, 0.29) is 0 Å². The molecule has 0 saturated carbocycles. The summed E-state index contributed by atoms with van der Waals surface area (Å²) in [6.45, 7) is 0.454. The molecule has 0 spiro atoms. The van der Waals surface area contributed by atoms with Crippen molar-refractivity contribution >= 4 is 28.8 Å². The van der Waals surface area contributed by atoms with Crippen molar-refractivity contribution in [2.24, 2.45) is 0 Å². The van der Waals surface area contributed by atoms with E-state index in [1.807, 2.05) is 95.9 Å². The highest BCUT2D eigenvalue weighted by Gasteiger charge is 2.15. The predicted octanol–water partition coefficient (Wildman–Crippen LogP) is 5.33. The Morgan fingerprint density at radius 1 is 0.696 bits per heavy atom. The van der Waals surface area contributed by atoms with Gasteiger partial charge >= 0.3 is 0 Å². The van der Waals surface area contributed by atoms with Crippen molar-refractivity contribution in [3.05, 3.63) is 96.6 Å². The highest BCUT2D eigenvalue weighted by atomic mass is 32.1. The summed E-state index contributed by atoms with van der Waals surface area (Å²) < 4.78 is 5.86. The van der Waals surface area contributed by atoms with Crippen molar-refractivity contribution in [2.75, 3.05) is 4.90 Å². The standard InChI is InChI=1S/C20H17NOS/c23-20(22-16-17-10-4-1-5-11-17)21(18-12-6-2-7-13-18)19-14-8-3-9-15-19/h1-15H,16H2. The molecule has 0 heterocycles. The zero-order valence-electron chi connectivity index (χ0n) is 12.6. The Morgan fingerprint density at radius 3 is 1.61 bits per heavy atom. The average Bonchev–Trinajstić information content (AvgIpc) is 2.63. The first-order chi connectivity index (χ1) is 11.3. The Balaban J connectivity index is 1.82. The molecule has 3 aromatic rings.